The number of carbonyl (C=O) groups is 1. The monoisotopic (exact) mass is 297 g/mol. The van der Waals surface area contributed by atoms with Crippen LogP contribution in [0.2, 0.25) is 0 Å². The van der Waals surface area contributed by atoms with Crippen molar-refractivity contribution < 1.29 is 4.79 Å². The van der Waals surface area contributed by atoms with Gasteiger partial charge in [-0.25, -0.2) is 4.98 Å². The van der Waals surface area contributed by atoms with Gasteiger partial charge in [-0.2, -0.15) is 0 Å². The normalized spacial score (nSPS) is 22.0. The van der Waals surface area contributed by atoms with Crippen molar-refractivity contribution in [1.29, 1.82) is 0 Å². The van der Waals surface area contributed by atoms with Crippen molar-refractivity contribution in [2.24, 2.45) is 5.92 Å². The summed E-state index contributed by atoms with van der Waals surface area (Å²) in [5, 5.41) is 0. The van der Waals surface area contributed by atoms with Gasteiger partial charge in [-0.05, 0) is 37.3 Å². The van der Waals surface area contributed by atoms with Gasteiger partial charge in [-0.1, -0.05) is 19.1 Å². The Morgan fingerprint density at radius 3 is 2.86 bits per heavy atom. The lowest BCUT2D eigenvalue weighted by atomic mass is 10.1. The third-order valence-corrected chi connectivity index (χ3v) is 4.89. The number of aryl methyl sites for hydroxylation is 1. The molecule has 22 heavy (non-hydrogen) atoms. The molecular formula is C18H23N3O. The van der Waals surface area contributed by atoms with Gasteiger partial charge in [0.2, 0.25) is 5.91 Å². The first-order valence-electron chi connectivity index (χ1n) is 8.49. The maximum absolute atomic E-state index is 12.3. The highest BCUT2D eigenvalue weighted by atomic mass is 16.2. The molecule has 2 aromatic rings. The van der Waals surface area contributed by atoms with Gasteiger partial charge in [0.1, 0.15) is 5.82 Å². The van der Waals surface area contributed by atoms with Gasteiger partial charge in [-0.3, -0.25) is 4.79 Å². The molecule has 116 valence electrons. The number of hydrogen-bond acceptors (Lipinski definition) is 2. The SMILES string of the molecule is CCCn1c([C@@H]2CC(=O)N(CC3CC3)C2)nc2ccccc21. The maximum atomic E-state index is 12.3. The summed E-state index contributed by atoms with van der Waals surface area (Å²) in [4.78, 5) is 19.2. The molecule has 0 radical (unpaired) electrons. The number of carbonyl (C=O) groups excluding carboxylic acids is 1. The predicted octanol–water partition coefficient (Wildman–Crippen LogP) is 3.17. The van der Waals surface area contributed by atoms with Crippen molar-refractivity contribution in [2.75, 3.05) is 13.1 Å². The van der Waals surface area contributed by atoms with Gasteiger partial charge in [0.05, 0.1) is 11.0 Å². The smallest absolute Gasteiger partial charge is 0.223 e. The van der Waals surface area contributed by atoms with Crippen molar-refractivity contribution in [3.63, 3.8) is 0 Å². The van der Waals surface area contributed by atoms with E-state index in [2.05, 4.69) is 34.6 Å². The van der Waals surface area contributed by atoms with Crippen molar-refractivity contribution in [3.8, 4) is 0 Å². The molecule has 1 saturated heterocycles. The molecular weight excluding hydrogens is 274 g/mol. The lowest BCUT2D eigenvalue weighted by Gasteiger charge is -2.16. The quantitative estimate of drug-likeness (QED) is 0.850. The molecule has 1 saturated carbocycles. The molecule has 4 heteroatoms. The van der Waals surface area contributed by atoms with Crippen LogP contribution in [0, 0.1) is 5.92 Å². The minimum Gasteiger partial charge on any atom is -0.342 e. The van der Waals surface area contributed by atoms with Gasteiger partial charge in [0.25, 0.3) is 0 Å². The molecule has 0 unspecified atom stereocenters. The topological polar surface area (TPSA) is 38.1 Å². The number of amides is 1. The molecule has 2 aliphatic rings. The summed E-state index contributed by atoms with van der Waals surface area (Å²) < 4.78 is 2.33. The Labute approximate surface area is 131 Å². The van der Waals surface area contributed by atoms with Gasteiger partial charge < -0.3 is 9.47 Å². The number of aromatic nitrogens is 2. The summed E-state index contributed by atoms with van der Waals surface area (Å²) in [5.74, 6) is 2.43. The zero-order valence-electron chi connectivity index (χ0n) is 13.2. The van der Waals surface area contributed by atoms with Gasteiger partial charge >= 0.3 is 0 Å². The number of rotatable bonds is 5. The van der Waals surface area contributed by atoms with Gasteiger partial charge in [0, 0.05) is 32.0 Å². The summed E-state index contributed by atoms with van der Waals surface area (Å²) in [7, 11) is 0. The molecule has 1 aromatic heterocycles. The zero-order valence-corrected chi connectivity index (χ0v) is 13.2. The number of imidazole rings is 1. The standard InChI is InChI=1S/C18H23N3O/c1-2-9-21-16-6-4-3-5-15(16)19-18(21)14-10-17(22)20(12-14)11-13-7-8-13/h3-6,13-14H,2,7-12H2,1H3/t14-/m1/s1. The molecule has 1 aliphatic heterocycles. The fraction of sp³-hybridized carbons (Fsp3) is 0.556. The van der Waals surface area contributed by atoms with Crippen molar-refractivity contribution in [3.05, 3.63) is 30.1 Å². The molecule has 1 aliphatic carbocycles. The second kappa shape index (κ2) is 5.41. The van der Waals surface area contributed by atoms with E-state index in [1.54, 1.807) is 0 Å². The largest absolute Gasteiger partial charge is 0.342 e. The van der Waals surface area contributed by atoms with Crippen LogP contribution < -0.4 is 0 Å². The molecule has 1 atom stereocenters. The summed E-state index contributed by atoms with van der Waals surface area (Å²) in [5.41, 5.74) is 2.26. The third-order valence-electron chi connectivity index (χ3n) is 4.89. The summed E-state index contributed by atoms with van der Waals surface area (Å²) in [6.07, 6.45) is 4.30. The maximum Gasteiger partial charge on any atom is 0.223 e. The summed E-state index contributed by atoms with van der Waals surface area (Å²) in [6, 6.07) is 8.32. The summed E-state index contributed by atoms with van der Waals surface area (Å²) >= 11 is 0. The first kappa shape index (κ1) is 13.8. The van der Waals surface area contributed by atoms with Crippen molar-refractivity contribution in [2.45, 2.75) is 45.1 Å². The molecule has 0 spiro atoms. The van der Waals surface area contributed by atoms with Gasteiger partial charge in [0.15, 0.2) is 0 Å². The average molecular weight is 297 g/mol. The fourth-order valence-corrected chi connectivity index (χ4v) is 3.60. The summed E-state index contributed by atoms with van der Waals surface area (Å²) in [6.45, 7) is 4.98. The lowest BCUT2D eigenvalue weighted by molar-refractivity contribution is -0.127. The molecule has 1 amide bonds. The molecule has 0 N–H and O–H groups in total. The molecule has 2 heterocycles. The number of para-hydroxylation sites is 2. The van der Waals surface area contributed by atoms with E-state index in [0.29, 0.717) is 12.3 Å². The van der Waals surface area contributed by atoms with E-state index < -0.39 is 0 Å². The fourth-order valence-electron chi connectivity index (χ4n) is 3.60. The predicted molar refractivity (Wildman–Crippen MR) is 86.7 cm³/mol. The molecule has 4 rings (SSSR count). The Morgan fingerprint density at radius 2 is 2.09 bits per heavy atom. The molecule has 2 fully saturated rings. The minimum atomic E-state index is 0.255. The second-order valence-electron chi connectivity index (χ2n) is 6.75. The van der Waals surface area contributed by atoms with Crippen LogP contribution in [-0.4, -0.2) is 33.4 Å². The molecule has 1 aromatic carbocycles. The highest BCUT2D eigenvalue weighted by Crippen LogP contribution is 2.35. The first-order valence-corrected chi connectivity index (χ1v) is 8.49. The van der Waals surface area contributed by atoms with E-state index in [1.807, 2.05) is 6.07 Å². The van der Waals surface area contributed by atoms with E-state index in [-0.39, 0.29) is 5.92 Å². The Kier molecular flexibility index (Phi) is 3.40. The van der Waals surface area contributed by atoms with Crippen LogP contribution in [0.3, 0.4) is 0 Å². The van der Waals surface area contributed by atoms with E-state index in [9.17, 15) is 4.79 Å². The van der Waals surface area contributed by atoms with Gasteiger partial charge in [-0.15, -0.1) is 0 Å². The number of likely N-dealkylation sites (tertiary alicyclic amines) is 1. The average Bonchev–Trinajstić information content (AvgIpc) is 3.16. The van der Waals surface area contributed by atoms with Crippen LogP contribution in [-0.2, 0) is 11.3 Å². The highest BCUT2D eigenvalue weighted by molar-refractivity contribution is 5.81. The van der Waals surface area contributed by atoms with Crippen LogP contribution in [0.4, 0.5) is 0 Å². The zero-order chi connectivity index (χ0) is 15.1. The molecule has 0 bridgehead atoms. The minimum absolute atomic E-state index is 0.255. The third kappa shape index (κ3) is 2.40. The number of benzene rings is 1. The van der Waals surface area contributed by atoms with Crippen LogP contribution in [0.15, 0.2) is 24.3 Å². The van der Waals surface area contributed by atoms with Crippen molar-refractivity contribution in [1.82, 2.24) is 14.5 Å². The van der Waals surface area contributed by atoms with E-state index in [0.717, 1.165) is 43.3 Å². The Hall–Kier alpha value is -1.84. The molecule has 4 nitrogen and oxygen atoms in total. The van der Waals surface area contributed by atoms with Crippen molar-refractivity contribution >= 4 is 16.9 Å². The Bertz CT molecular complexity index is 701. The second-order valence-corrected chi connectivity index (χ2v) is 6.75. The Morgan fingerprint density at radius 1 is 1.27 bits per heavy atom. The van der Waals surface area contributed by atoms with Crippen LogP contribution in [0.5, 0.6) is 0 Å². The van der Waals surface area contributed by atoms with E-state index in [4.69, 9.17) is 4.98 Å². The Balaban J connectivity index is 1.65. The van der Waals surface area contributed by atoms with Crippen LogP contribution in [0.25, 0.3) is 11.0 Å². The number of fused-ring (bicyclic) bond motifs is 1. The first-order chi connectivity index (χ1) is 10.8. The van der Waals surface area contributed by atoms with E-state index >= 15 is 0 Å². The van der Waals surface area contributed by atoms with Crippen LogP contribution in [0.1, 0.15) is 44.3 Å². The lowest BCUT2D eigenvalue weighted by Crippen LogP contribution is -2.27. The number of nitrogens with zero attached hydrogens (tertiary/aromatic N) is 3. The number of hydrogen-bond donors (Lipinski definition) is 0. The van der Waals surface area contributed by atoms with E-state index in [1.165, 1.54) is 18.4 Å². The van der Waals surface area contributed by atoms with Crippen LogP contribution >= 0.6 is 0 Å². The highest BCUT2D eigenvalue weighted by Gasteiger charge is 2.36.